The van der Waals surface area contributed by atoms with Gasteiger partial charge >= 0.3 is 0 Å². The van der Waals surface area contributed by atoms with E-state index >= 15 is 0 Å². The molecule has 0 atom stereocenters. The fraction of sp³-hybridized carbons (Fsp3) is 0.538. The van der Waals surface area contributed by atoms with Crippen LogP contribution in [0.15, 0.2) is 24.3 Å². The van der Waals surface area contributed by atoms with E-state index in [4.69, 9.17) is 10.5 Å². The second kappa shape index (κ2) is 5.87. The van der Waals surface area contributed by atoms with Gasteiger partial charge in [-0.2, -0.15) is 0 Å². The van der Waals surface area contributed by atoms with Crippen LogP contribution in [0.1, 0.15) is 18.4 Å². The number of hydrogen-bond donors (Lipinski definition) is 2. The zero-order chi connectivity index (χ0) is 11.2. The lowest BCUT2D eigenvalue weighted by molar-refractivity contribution is 0.0662. The Morgan fingerprint density at radius 1 is 1.19 bits per heavy atom. The number of anilines is 1. The molecule has 1 aliphatic heterocycles. The third kappa shape index (κ3) is 3.51. The molecule has 3 heteroatoms. The first-order valence-electron chi connectivity index (χ1n) is 5.97. The number of nitrogens with one attached hydrogen (secondary N) is 1. The van der Waals surface area contributed by atoms with E-state index in [0.29, 0.717) is 0 Å². The molecule has 3 nitrogen and oxygen atoms in total. The summed E-state index contributed by atoms with van der Waals surface area (Å²) < 4.78 is 5.34. The first-order valence-corrected chi connectivity index (χ1v) is 5.97. The smallest absolute Gasteiger partial charge is 0.0469 e. The summed E-state index contributed by atoms with van der Waals surface area (Å²) in [5.74, 6) is 0.780. The molecule has 88 valence electrons. The fourth-order valence-corrected chi connectivity index (χ4v) is 2.01. The van der Waals surface area contributed by atoms with Crippen molar-refractivity contribution in [2.45, 2.75) is 19.4 Å². The maximum Gasteiger partial charge on any atom is 0.0469 e. The predicted octanol–water partition coefficient (Wildman–Crippen LogP) is 1.79. The number of nitrogens with two attached hydrogens (primary N) is 1. The highest BCUT2D eigenvalue weighted by Crippen LogP contribution is 2.13. The van der Waals surface area contributed by atoms with Crippen molar-refractivity contribution in [1.82, 2.24) is 5.32 Å². The molecule has 1 aliphatic rings. The van der Waals surface area contributed by atoms with Gasteiger partial charge in [0.2, 0.25) is 0 Å². The van der Waals surface area contributed by atoms with E-state index in [0.717, 1.165) is 37.9 Å². The normalized spacial score (nSPS) is 17.5. The second-order valence-corrected chi connectivity index (χ2v) is 4.43. The Hall–Kier alpha value is -1.06. The highest BCUT2D eigenvalue weighted by molar-refractivity contribution is 5.39. The van der Waals surface area contributed by atoms with E-state index < -0.39 is 0 Å². The lowest BCUT2D eigenvalue weighted by Crippen LogP contribution is -2.27. The van der Waals surface area contributed by atoms with Gasteiger partial charge < -0.3 is 15.8 Å². The van der Waals surface area contributed by atoms with Crippen LogP contribution in [-0.2, 0) is 11.3 Å². The molecule has 0 bridgehead atoms. The first-order chi connectivity index (χ1) is 7.84. The van der Waals surface area contributed by atoms with Gasteiger partial charge in [0.25, 0.3) is 0 Å². The minimum Gasteiger partial charge on any atom is -0.399 e. The summed E-state index contributed by atoms with van der Waals surface area (Å²) in [4.78, 5) is 0. The summed E-state index contributed by atoms with van der Waals surface area (Å²) in [5, 5.41) is 3.49. The molecule has 0 spiro atoms. The number of ether oxygens (including phenoxy) is 1. The third-order valence-corrected chi connectivity index (χ3v) is 3.08. The van der Waals surface area contributed by atoms with Gasteiger partial charge in [-0.3, -0.25) is 0 Å². The third-order valence-electron chi connectivity index (χ3n) is 3.08. The van der Waals surface area contributed by atoms with Crippen molar-refractivity contribution in [3.63, 3.8) is 0 Å². The summed E-state index contributed by atoms with van der Waals surface area (Å²) in [6.45, 7) is 3.87. The second-order valence-electron chi connectivity index (χ2n) is 4.43. The van der Waals surface area contributed by atoms with Crippen molar-refractivity contribution >= 4 is 5.69 Å². The van der Waals surface area contributed by atoms with Crippen molar-refractivity contribution in [1.29, 1.82) is 0 Å². The summed E-state index contributed by atoms with van der Waals surface area (Å²) in [6.07, 6.45) is 2.38. The highest BCUT2D eigenvalue weighted by Gasteiger charge is 2.12. The molecule has 0 aromatic heterocycles. The summed E-state index contributed by atoms with van der Waals surface area (Å²) in [7, 11) is 0. The van der Waals surface area contributed by atoms with Crippen molar-refractivity contribution in [2.75, 3.05) is 25.5 Å². The van der Waals surface area contributed by atoms with Crippen LogP contribution < -0.4 is 11.1 Å². The van der Waals surface area contributed by atoms with Crippen LogP contribution in [0.25, 0.3) is 0 Å². The fourth-order valence-electron chi connectivity index (χ4n) is 2.01. The molecular weight excluding hydrogens is 200 g/mol. The Morgan fingerprint density at radius 2 is 1.88 bits per heavy atom. The predicted molar refractivity (Wildman–Crippen MR) is 66.1 cm³/mol. The topological polar surface area (TPSA) is 47.3 Å². The van der Waals surface area contributed by atoms with E-state index in [-0.39, 0.29) is 0 Å². The Morgan fingerprint density at radius 3 is 2.56 bits per heavy atom. The molecule has 1 saturated heterocycles. The molecule has 2 rings (SSSR count). The minimum atomic E-state index is 0.780. The molecule has 16 heavy (non-hydrogen) atoms. The van der Waals surface area contributed by atoms with Gasteiger partial charge in [0, 0.05) is 25.4 Å². The standard InChI is InChI=1S/C13H20N2O/c14-13-3-1-11(2-4-13)9-15-10-12-5-7-16-8-6-12/h1-4,12,15H,5-10,14H2. The Balaban J connectivity index is 1.69. The number of benzene rings is 1. The van der Waals surface area contributed by atoms with Gasteiger partial charge in [0.15, 0.2) is 0 Å². The SMILES string of the molecule is Nc1ccc(CNCC2CCOCC2)cc1. The van der Waals surface area contributed by atoms with Gasteiger partial charge in [0.1, 0.15) is 0 Å². The van der Waals surface area contributed by atoms with Gasteiger partial charge in [-0.1, -0.05) is 12.1 Å². The lowest BCUT2D eigenvalue weighted by atomic mass is 10.0. The zero-order valence-electron chi connectivity index (χ0n) is 9.61. The maximum absolute atomic E-state index is 5.64. The number of rotatable bonds is 4. The molecule has 0 unspecified atom stereocenters. The van der Waals surface area contributed by atoms with E-state index in [1.54, 1.807) is 0 Å². The minimum absolute atomic E-state index is 0.780. The van der Waals surface area contributed by atoms with Crippen LogP contribution in [0.2, 0.25) is 0 Å². The molecule has 0 aliphatic carbocycles. The van der Waals surface area contributed by atoms with E-state index in [1.807, 2.05) is 12.1 Å². The Bertz CT molecular complexity index is 304. The quantitative estimate of drug-likeness (QED) is 0.760. The van der Waals surface area contributed by atoms with Gasteiger partial charge in [-0.05, 0) is 43.0 Å². The van der Waals surface area contributed by atoms with Crippen LogP contribution in [0.4, 0.5) is 5.69 Å². The van der Waals surface area contributed by atoms with Crippen molar-refractivity contribution in [3.8, 4) is 0 Å². The van der Waals surface area contributed by atoms with Crippen LogP contribution >= 0.6 is 0 Å². The van der Waals surface area contributed by atoms with Crippen LogP contribution in [0.5, 0.6) is 0 Å². The Labute approximate surface area is 97.0 Å². The van der Waals surface area contributed by atoms with Gasteiger partial charge in [-0.15, -0.1) is 0 Å². The molecule has 0 radical (unpaired) electrons. The molecule has 1 heterocycles. The average molecular weight is 220 g/mol. The first kappa shape index (κ1) is 11.4. The van der Waals surface area contributed by atoms with Crippen molar-refractivity contribution < 1.29 is 4.74 Å². The molecule has 1 aromatic carbocycles. The van der Waals surface area contributed by atoms with Gasteiger partial charge in [-0.25, -0.2) is 0 Å². The number of hydrogen-bond acceptors (Lipinski definition) is 3. The highest BCUT2D eigenvalue weighted by atomic mass is 16.5. The average Bonchev–Trinajstić information content (AvgIpc) is 2.33. The molecule has 1 aromatic rings. The monoisotopic (exact) mass is 220 g/mol. The Kier molecular flexibility index (Phi) is 4.19. The van der Waals surface area contributed by atoms with E-state index in [2.05, 4.69) is 17.4 Å². The van der Waals surface area contributed by atoms with Crippen molar-refractivity contribution in [2.24, 2.45) is 5.92 Å². The summed E-state index contributed by atoms with van der Waals surface area (Å²) in [5.41, 5.74) is 7.76. The van der Waals surface area contributed by atoms with Crippen molar-refractivity contribution in [3.05, 3.63) is 29.8 Å². The maximum atomic E-state index is 5.64. The molecule has 3 N–H and O–H groups in total. The van der Waals surface area contributed by atoms with Crippen LogP contribution in [-0.4, -0.2) is 19.8 Å². The summed E-state index contributed by atoms with van der Waals surface area (Å²) >= 11 is 0. The molecule has 0 saturated carbocycles. The van der Waals surface area contributed by atoms with Crippen LogP contribution in [0, 0.1) is 5.92 Å². The number of nitrogen functional groups attached to an aromatic ring is 1. The largest absolute Gasteiger partial charge is 0.399 e. The van der Waals surface area contributed by atoms with E-state index in [1.165, 1.54) is 18.4 Å². The van der Waals surface area contributed by atoms with Crippen LogP contribution in [0.3, 0.4) is 0 Å². The molecular formula is C13H20N2O. The summed E-state index contributed by atoms with van der Waals surface area (Å²) in [6, 6.07) is 8.05. The lowest BCUT2D eigenvalue weighted by Gasteiger charge is -2.22. The van der Waals surface area contributed by atoms with Gasteiger partial charge in [0.05, 0.1) is 0 Å². The molecule has 1 fully saturated rings. The zero-order valence-corrected chi connectivity index (χ0v) is 9.61. The van der Waals surface area contributed by atoms with E-state index in [9.17, 15) is 0 Å². The molecule has 0 amide bonds.